The molecule has 0 saturated carbocycles. The summed E-state index contributed by atoms with van der Waals surface area (Å²) >= 11 is 1.24. The van der Waals surface area contributed by atoms with Crippen molar-refractivity contribution >= 4 is 33.1 Å². The molecule has 4 aromatic rings. The van der Waals surface area contributed by atoms with E-state index in [1.165, 1.54) is 23.0 Å². The fraction of sp³-hybridized carbons (Fsp3) is 0.174. The molecule has 0 radical (unpaired) electrons. The van der Waals surface area contributed by atoms with Gasteiger partial charge < -0.3 is 14.8 Å². The average molecular weight is 452 g/mol. The number of methoxy groups -OCH3 is 2. The standard InChI is InChI=1S/C23H21N3O5S/c1-30-16-7-5-6-15(12-16)13-26-22(28)21-18(10-11-32-21)25(23(26)29)14-20(27)24-17-8-3-4-9-19(17)31-2/h3-12H,13-14H2,1-2H3,(H,24,27). The number of thiophene rings is 1. The van der Waals surface area contributed by atoms with Gasteiger partial charge >= 0.3 is 5.69 Å². The summed E-state index contributed by atoms with van der Waals surface area (Å²) in [4.78, 5) is 39.0. The summed E-state index contributed by atoms with van der Waals surface area (Å²) < 4.78 is 13.4. The van der Waals surface area contributed by atoms with Gasteiger partial charge in [-0.2, -0.15) is 0 Å². The van der Waals surface area contributed by atoms with Gasteiger partial charge in [-0.05, 0) is 41.3 Å². The van der Waals surface area contributed by atoms with Crippen molar-refractivity contribution in [1.82, 2.24) is 9.13 Å². The molecule has 0 aliphatic rings. The van der Waals surface area contributed by atoms with Crippen molar-refractivity contribution in [3.63, 3.8) is 0 Å². The Hall–Kier alpha value is -3.85. The fourth-order valence-electron chi connectivity index (χ4n) is 3.46. The number of carbonyl (C=O) groups is 1. The molecule has 0 spiro atoms. The number of hydrogen-bond acceptors (Lipinski definition) is 6. The van der Waals surface area contributed by atoms with Crippen molar-refractivity contribution in [2.75, 3.05) is 19.5 Å². The number of anilines is 1. The molecule has 0 saturated heterocycles. The van der Waals surface area contributed by atoms with Crippen molar-refractivity contribution in [3.05, 3.63) is 86.4 Å². The largest absolute Gasteiger partial charge is 0.497 e. The SMILES string of the molecule is COc1cccc(Cn2c(=O)c3sccc3n(CC(=O)Nc3ccccc3OC)c2=O)c1. The van der Waals surface area contributed by atoms with Crippen LogP contribution in [0.5, 0.6) is 11.5 Å². The molecule has 4 rings (SSSR count). The minimum atomic E-state index is -0.557. The molecule has 0 aliphatic carbocycles. The monoisotopic (exact) mass is 451 g/mol. The Morgan fingerprint density at radius 1 is 1.00 bits per heavy atom. The van der Waals surface area contributed by atoms with Gasteiger partial charge in [0.1, 0.15) is 22.7 Å². The predicted molar refractivity (Wildman–Crippen MR) is 124 cm³/mol. The van der Waals surface area contributed by atoms with Crippen LogP contribution in [0.3, 0.4) is 0 Å². The van der Waals surface area contributed by atoms with Crippen LogP contribution in [0.25, 0.3) is 10.2 Å². The molecule has 2 heterocycles. The first kappa shape index (κ1) is 21.4. The van der Waals surface area contributed by atoms with Crippen molar-refractivity contribution in [2.24, 2.45) is 0 Å². The fourth-order valence-corrected chi connectivity index (χ4v) is 4.30. The Kier molecular flexibility index (Phi) is 6.09. The lowest BCUT2D eigenvalue weighted by molar-refractivity contribution is -0.116. The zero-order valence-corrected chi connectivity index (χ0v) is 18.3. The molecule has 0 atom stereocenters. The lowest BCUT2D eigenvalue weighted by atomic mass is 10.2. The van der Waals surface area contributed by atoms with Gasteiger partial charge in [-0.1, -0.05) is 24.3 Å². The minimum Gasteiger partial charge on any atom is -0.497 e. The lowest BCUT2D eigenvalue weighted by Gasteiger charge is -2.14. The number of carbonyl (C=O) groups excluding carboxylic acids is 1. The van der Waals surface area contributed by atoms with E-state index in [1.807, 2.05) is 6.07 Å². The highest BCUT2D eigenvalue weighted by molar-refractivity contribution is 7.17. The van der Waals surface area contributed by atoms with Crippen LogP contribution in [0.4, 0.5) is 5.69 Å². The topological polar surface area (TPSA) is 91.6 Å². The van der Waals surface area contributed by atoms with Crippen LogP contribution in [-0.4, -0.2) is 29.3 Å². The van der Waals surface area contributed by atoms with Crippen molar-refractivity contribution in [2.45, 2.75) is 13.1 Å². The van der Waals surface area contributed by atoms with Gasteiger partial charge in [0.25, 0.3) is 5.56 Å². The predicted octanol–water partition coefficient (Wildman–Crippen LogP) is 2.93. The van der Waals surface area contributed by atoms with E-state index in [0.717, 1.165) is 10.1 Å². The van der Waals surface area contributed by atoms with Gasteiger partial charge in [0, 0.05) is 0 Å². The average Bonchev–Trinajstić information content (AvgIpc) is 3.30. The van der Waals surface area contributed by atoms with Gasteiger partial charge in [0.05, 0.1) is 32.0 Å². The van der Waals surface area contributed by atoms with E-state index in [9.17, 15) is 14.4 Å². The third-order valence-electron chi connectivity index (χ3n) is 4.99. The zero-order valence-electron chi connectivity index (χ0n) is 17.5. The second-order valence-corrected chi connectivity index (χ2v) is 7.91. The summed E-state index contributed by atoms with van der Waals surface area (Å²) in [5.41, 5.74) is 0.731. The summed E-state index contributed by atoms with van der Waals surface area (Å²) in [6.45, 7) is -0.181. The Morgan fingerprint density at radius 3 is 2.59 bits per heavy atom. The van der Waals surface area contributed by atoms with Crippen LogP contribution in [0.1, 0.15) is 5.56 Å². The second kappa shape index (κ2) is 9.11. The van der Waals surface area contributed by atoms with E-state index >= 15 is 0 Å². The maximum absolute atomic E-state index is 13.3. The van der Waals surface area contributed by atoms with E-state index in [1.54, 1.807) is 61.0 Å². The number of rotatable bonds is 7. The summed E-state index contributed by atoms with van der Waals surface area (Å²) in [7, 11) is 3.06. The minimum absolute atomic E-state index is 0.0663. The second-order valence-electron chi connectivity index (χ2n) is 6.99. The number of benzene rings is 2. The van der Waals surface area contributed by atoms with E-state index in [4.69, 9.17) is 9.47 Å². The molecule has 8 nitrogen and oxygen atoms in total. The first-order valence-corrected chi connectivity index (χ1v) is 10.7. The highest BCUT2D eigenvalue weighted by Gasteiger charge is 2.17. The van der Waals surface area contributed by atoms with Crippen molar-refractivity contribution < 1.29 is 14.3 Å². The van der Waals surface area contributed by atoms with Crippen LogP contribution in [0.15, 0.2) is 69.6 Å². The Balaban J connectivity index is 1.71. The molecular formula is C23H21N3O5S. The highest BCUT2D eigenvalue weighted by Crippen LogP contribution is 2.23. The molecule has 0 aliphatic heterocycles. The third-order valence-corrected chi connectivity index (χ3v) is 5.89. The summed E-state index contributed by atoms with van der Waals surface area (Å²) in [5.74, 6) is 0.733. The maximum atomic E-state index is 13.3. The van der Waals surface area contributed by atoms with Crippen LogP contribution in [0.2, 0.25) is 0 Å². The molecule has 9 heteroatoms. The number of aromatic nitrogens is 2. The molecule has 2 aromatic carbocycles. The first-order chi connectivity index (χ1) is 15.5. The molecule has 1 amide bonds. The number of nitrogens with one attached hydrogen (secondary N) is 1. The van der Waals surface area contributed by atoms with Gasteiger partial charge in [0.15, 0.2) is 0 Å². The number of para-hydroxylation sites is 2. The highest BCUT2D eigenvalue weighted by atomic mass is 32.1. The molecule has 2 aromatic heterocycles. The summed E-state index contributed by atoms with van der Waals surface area (Å²) in [5, 5.41) is 4.50. The number of ether oxygens (including phenoxy) is 2. The quantitative estimate of drug-likeness (QED) is 0.467. The molecular weight excluding hydrogens is 430 g/mol. The molecule has 0 unspecified atom stereocenters. The van der Waals surface area contributed by atoms with Crippen LogP contribution >= 0.6 is 11.3 Å². The van der Waals surface area contributed by atoms with Crippen LogP contribution in [-0.2, 0) is 17.9 Å². The van der Waals surface area contributed by atoms with E-state index in [0.29, 0.717) is 27.4 Å². The molecule has 32 heavy (non-hydrogen) atoms. The van der Waals surface area contributed by atoms with Crippen molar-refractivity contribution in [3.8, 4) is 11.5 Å². The van der Waals surface area contributed by atoms with Gasteiger partial charge in [0.2, 0.25) is 5.91 Å². The Morgan fingerprint density at radius 2 is 1.81 bits per heavy atom. The third kappa shape index (κ3) is 4.15. The Labute approximate surface area is 187 Å². The summed E-state index contributed by atoms with van der Waals surface area (Å²) in [6, 6.07) is 15.8. The normalized spacial score (nSPS) is 10.8. The number of fused-ring (bicyclic) bond motifs is 1. The maximum Gasteiger partial charge on any atom is 0.332 e. The zero-order chi connectivity index (χ0) is 22.7. The van der Waals surface area contributed by atoms with E-state index in [-0.39, 0.29) is 18.6 Å². The van der Waals surface area contributed by atoms with Crippen LogP contribution < -0.4 is 26.0 Å². The number of amides is 1. The molecule has 164 valence electrons. The smallest absolute Gasteiger partial charge is 0.332 e. The Bertz CT molecular complexity index is 1400. The first-order valence-electron chi connectivity index (χ1n) is 9.78. The van der Waals surface area contributed by atoms with Gasteiger partial charge in [-0.15, -0.1) is 11.3 Å². The molecule has 1 N–H and O–H groups in total. The van der Waals surface area contributed by atoms with Gasteiger partial charge in [-0.3, -0.25) is 18.7 Å². The number of hydrogen-bond donors (Lipinski definition) is 1. The molecule has 0 bridgehead atoms. The van der Waals surface area contributed by atoms with Gasteiger partial charge in [-0.25, -0.2) is 4.79 Å². The van der Waals surface area contributed by atoms with Crippen molar-refractivity contribution in [1.29, 1.82) is 0 Å². The molecule has 0 fully saturated rings. The van der Waals surface area contributed by atoms with E-state index < -0.39 is 11.6 Å². The van der Waals surface area contributed by atoms with E-state index in [2.05, 4.69) is 5.32 Å². The summed E-state index contributed by atoms with van der Waals surface area (Å²) in [6.07, 6.45) is 0. The number of nitrogens with zero attached hydrogens (tertiary/aromatic N) is 2. The van der Waals surface area contributed by atoms with Crippen LogP contribution in [0, 0.1) is 0 Å². The lowest BCUT2D eigenvalue weighted by Crippen LogP contribution is -2.41.